The van der Waals surface area contributed by atoms with E-state index in [4.69, 9.17) is 21.1 Å². The molecule has 1 heterocycles. The van der Waals surface area contributed by atoms with Gasteiger partial charge in [0, 0.05) is 38.3 Å². The van der Waals surface area contributed by atoms with Gasteiger partial charge in [-0.25, -0.2) is 0 Å². The van der Waals surface area contributed by atoms with Crippen molar-refractivity contribution in [2.75, 3.05) is 46.9 Å². The molecular weight excluding hydrogens is 376 g/mol. The van der Waals surface area contributed by atoms with Gasteiger partial charge in [-0.2, -0.15) is 0 Å². The second-order valence-electron chi connectivity index (χ2n) is 6.60. The first-order valence-electron chi connectivity index (χ1n) is 9.27. The fraction of sp³-hybridized carbons (Fsp3) is 0.318. The highest BCUT2D eigenvalue weighted by Crippen LogP contribution is 2.36. The minimum Gasteiger partial charge on any atom is -0.493 e. The van der Waals surface area contributed by atoms with Crippen LogP contribution in [-0.4, -0.2) is 62.7 Å². The van der Waals surface area contributed by atoms with Gasteiger partial charge in [0.2, 0.25) is 0 Å². The standard InChI is InChI=1S/C22H25ClN2O3/c1-27-20-16-18(15-19(23)21(20)28-2)22(26)25-13-11-24(12-14-25)10-6-9-17-7-4-3-5-8-17/h3-9,15-16H,10-14H2,1-2H3. The number of nitrogens with zero attached hydrogens (tertiary/aromatic N) is 2. The first-order chi connectivity index (χ1) is 13.6. The summed E-state index contributed by atoms with van der Waals surface area (Å²) in [4.78, 5) is 17.1. The Morgan fingerprint density at radius 1 is 1.07 bits per heavy atom. The molecule has 148 valence electrons. The van der Waals surface area contributed by atoms with Crippen molar-refractivity contribution in [1.82, 2.24) is 9.80 Å². The highest BCUT2D eigenvalue weighted by atomic mass is 35.5. The number of benzene rings is 2. The van der Waals surface area contributed by atoms with Gasteiger partial charge in [0.25, 0.3) is 5.91 Å². The smallest absolute Gasteiger partial charge is 0.254 e. The topological polar surface area (TPSA) is 42.0 Å². The lowest BCUT2D eigenvalue weighted by molar-refractivity contribution is 0.0650. The van der Waals surface area contributed by atoms with E-state index in [1.54, 1.807) is 12.1 Å². The molecule has 5 nitrogen and oxygen atoms in total. The lowest BCUT2D eigenvalue weighted by Gasteiger charge is -2.34. The normalized spacial score (nSPS) is 15.0. The third kappa shape index (κ3) is 4.86. The average molecular weight is 401 g/mol. The third-order valence-electron chi connectivity index (χ3n) is 4.81. The van der Waals surface area contributed by atoms with Gasteiger partial charge in [-0.05, 0) is 17.7 Å². The fourth-order valence-electron chi connectivity index (χ4n) is 3.26. The maximum atomic E-state index is 12.9. The lowest BCUT2D eigenvalue weighted by Crippen LogP contribution is -2.48. The number of amides is 1. The number of carbonyl (C=O) groups excluding carboxylic acids is 1. The van der Waals surface area contributed by atoms with E-state index >= 15 is 0 Å². The van der Waals surface area contributed by atoms with Crippen molar-refractivity contribution >= 4 is 23.6 Å². The molecule has 0 atom stereocenters. The number of hydrogen-bond acceptors (Lipinski definition) is 4. The van der Waals surface area contributed by atoms with Gasteiger partial charge in [0.1, 0.15) is 0 Å². The van der Waals surface area contributed by atoms with Crippen molar-refractivity contribution in [2.24, 2.45) is 0 Å². The fourth-order valence-corrected chi connectivity index (χ4v) is 3.55. The molecule has 0 radical (unpaired) electrons. The molecule has 2 aromatic carbocycles. The molecule has 0 N–H and O–H groups in total. The highest BCUT2D eigenvalue weighted by Gasteiger charge is 2.23. The van der Waals surface area contributed by atoms with Crippen LogP contribution >= 0.6 is 11.6 Å². The van der Waals surface area contributed by atoms with E-state index in [0.717, 1.165) is 19.6 Å². The largest absolute Gasteiger partial charge is 0.493 e. The number of piperazine rings is 1. The first kappa shape index (κ1) is 20.2. The molecule has 1 fully saturated rings. The molecule has 1 amide bonds. The first-order valence-corrected chi connectivity index (χ1v) is 9.65. The molecule has 0 aliphatic carbocycles. The van der Waals surface area contributed by atoms with Gasteiger partial charge in [0.15, 0.2) is 11.5 Å². The zero-order chi connectivity index (χ0) is 19.9. The zero-order valence-corrected chi connectivity index (χ0v) is 17.0. The van der Waals surface area contributed by atoms with E-state index in [2.05, 4.69) is 29.2 Å². The Labute approximate surface area is 171 Å². The summed E-state index contributed by atoms with van der Waals surface area (Å²) in [5.41, 5.74) is 1.71. The van der Waals surface area contributed by atoms with E-state index in [0.29, 0.717) is 35.2 Å². The molecule has 0 bridgehead atoms. The number of hydrogen-bond donors (Lipinski definition) is 0. The van der Waals surface area contributed by atoms with E-state index in [9.17, 15) is 4.79 Å². The van der Waals surface area contributed by atoms with Crippen molar-refractivity contribution in [2.45, 2.75) is 0 Å². The Kier molecular flexibility index (Phi) is 6.95. The molecule has 3 rings (SSSR count). The summed E-state index contributed by atoms with van der Waals surface area (Å²) in [5, 5.41) is 0.370. The number of methoxy groups -OCH3 is 2. The van der Waals surface area contributed by atoms with Crippen LogP contribution < -0.4 is 9.47 Å². The predicted octanol–water partition coefficient (Wildman–Crippen LogP) is 3.83. The van der Waals surface area contributed by atoms with Crippen LogP contribution in [0.15, 0.2) is 48.5 Å². The summed E-state index contributed by atoms with van der Waals surface area (Å²) in [7, 11) is 3.06. The zero-order valence-electron chi connectivity index (χ0n) is 16.2. The van der Waals surface area contributed by atoms with Crippen LogP contribution in [0.1, 0.15) is 15.9 Å². The summed E-state index contributed by atoms with van der Waals surface area (Å²) in [6.45, 7) is 3.92. The van der Waals surface area contributed by atoms with Crippen LogP contribution in [0, 0.1) is 0 Å². The number of rotatable bonds is 6. The van der Waals surface area contributed by atoms with Crippen LogP contribution in [0.4, 0.5) is 0 Å². The molecule has 0 spiro atoms. The summed E-state index contributed by atoms with van der Waals surface area (Å²) in [6, 6.07) is 13.6. The SMILES string of the molecule is COc1cc(C(=O)N2CCN(CC=Cc3ccccc3)CC2)cc(Cl)c1OC. The van der Waals surface area contributed by atoms with Crippen molar-refractivity contribution < 1.29 is 14.3 Å². The summed E-state index contributed by atoms with van der Waals surface area (Å²) >= 11 is 6.24. The summed E-state index contributed by atoms with van der Waals surface area (Å²) in [5.74, 6) is 0.862. The lowest BCUT2D eigenvalue weighted by atomic mass is 10.1. The second kappa shape index (κ2) is 9.62. The molecule has 6 heteroatoms. The number of halogens is 1. The van der Waals surface area contributed by atoms with Gasteiger partial charge in [-0.3, -0.25) is 9.69 Å². The van der Waals surface area contributed by atoms with Crippen LogP contribution in [0.3, 0.4) is 0 Å². The molecular formula is C22H25ClN2O3. The molecule has 0 unspecified atom stereocenters. The predicted molar refractivity (Wildman–Crippen MR) is 112 cm³/mol. The quantitative estimate of drug-likeness (QED) is 0.739. The van der Waals surface area contributed by atoms with Gasteiger partial charge in [-0.1, -0.05) is 54.1 Å². The minimum absolute atomic E-state index is 0.0395. The maximum absolute atomic E-state index is 12.9. The van der Waals surface area contributed by atoms with Crippen molar-refractivity contribution in [3.05, 3.63) is 64.7 Å². The van der Waals surface area contributed by atoms with Crippen molar-refractivity contribution in [1.29, 1.82) is 0 Å². The number of ether oxygens (including phenoxy) is 2. The molecule has 0 aromatic heterocycles. The van der Waals surface area contributed by atoms with Gasteiger partial charge < -0.3 is 14.4 Å². The summed E-state index contributed by atoms with van der Waals surface area (Å²) in [6.07, 6.45) is 4.30. The molecule has 28 heavy (non-hydrogen) atoms. The molecule has 1 aliphatic heterocycles. The molecule has 1 saturated heterocycles. The Balaban J connectivity index is 1.56. The highest BCUT2D eigenvalue weighted by molar-refractivity contribution is 6.32. The monoisotopic (exact) mass is 400 g/mol. The maximum Gasteiger partial charge on any atom is 0.254 e. The van der Waals surface area contributed by atoms with Gasteiger partial charge in [-0.15, -0.1) is 0 Å². The second-order valence-corrected chi connectivity index (χ2v) is 7.01. The molecule has 2 aromatic rings. The van der Waals surface area contributed by atoms with Crippen LogP contribution in [0.25, 0.3) is 6.08 Å². The Morgan fingerprint density at radius 3 is 2.43 bits per heavy atom. The number of carbonyl (C=O) groups is 1. The Hall–Kier alpha value is -2.50. The van der Waals surface area contributed by atoms with Crippen LogP contribution in [0.5, 0.6) is 11.5 Å². The third-order valence-corrected chi connectivity index (χ3v) is 5.09. The Morgan fingerprint density at radius 2 is 1.79 bits per heavy atom. The minimum atomic E-state index is -0.0395. The van der Waals surface area contributed by atoms with Crippen molar-refractivity contribution in [3.63, 3.8) is 0 Å². The van der Waals surface area contributed by atoms with E-state index < -0.39 is 0 Å². The average Bonchev–Trinajstić information content (AvgIpc) is 2.74. The molecule has 1 aliphatic rings. The van der Waals surface area contributed by atoms with Crippen LogP contribution in [0.2, 0.25) is 5.02 Å². The van der Waals surface area contributed by atoms with Crippen LogP contribution in [-0.2, 0) is 0 Å². The Bertz CT molecular complexity index is 831. The van der Waals surface area contributed by atoms with E-state index in [1.807, 2.05) is 23.1 Å². The molecule has 0 saturated carbocycles. The van der Waals surface area contributed by atoms with Crippen molar-refractivity contribution in [3.8, 4) is 11.5 Å². The van der Waals surface area contributed by atoms with Gasteiger partial charge >= 0.3 is 0 Å². The summed E-state index contributed by atoms with van der Waals surface area (Å²) < 4.78 is 10.5. The van der Waals surface area contributed by atoms with E-state index in [1.165, 1.54) is 19.8 Å². The van der Waals surface area contributed by atoms with Gasteiger partial charge in [0.05, 0.1) is 19.2 Å². The van der Waals surface area contributed by atoms with E-state index in [-0.39, 0.29) is 5.91 Å².